The van der Waals surface area contributed by atoms with Crippen LogP contribution in [-0.4, -0.2) is 35.0 Å². The standard InChI is InChI=1S/C18H24N6O2/c1-10-5-11(7-20-6-10)23-15-12-3-4-21-17(12)22-8-13(15)18(2)24-14(9-26-18)16(19)25/h3-4,8-11,20,24H,5-7H2,1-2H3,(H2,19,25)(H2,21,22,23)/t10-,11+,18?/m0/s1. The summed E-state index contributed by atoms with van der Waals surface area (Å²) in [7, 11) is 0. The lowest BCUT2D eigenvalue weighted by atomic mass is 9.96. The van der Waals surface area contributed by atoms with Gasteiger partial charge in [0.2, 0.25) is 5.72 Å². The highest BCUT2D eigenvalue weighted by Gasteiger charge is 2.38. The van der Waals surface area contributed by atoms with Gasteiger partial charge in [0.25, 0.3) is 5.91 Å². The topological polar surface area (TPSA) is 117 Å². The van der Waals surface area contributed by atoms with Crippen LogP contribution in [-0.2, 0) is 15.3 Å². The Balaban J connectivity index is 1.72. The minimum atomic E-state index is -0.918. The lowest BCUT2D eigenvalue weighted by molar-refractivity contribution is -0.115. The first-order chi connectivity index (χ1) is 12.5. The molecule has 2 aromatic heterocycles. The van der Waals surface area contributed by atoms with Crippen LogP contribution in [0.1, 0.15) is 25.8 Å². The average molecular weight is 356 g/mol. The normalized spacial score (nSPS) is 28.3. The van der Waals surface area contributed by atoms with Crippen molar-refractivity contribution in [2.75, 3.05) is 18.4 Å². The third-order valence-electron chi connectivity index (χ3n) is 5.07. The molecule has 1 fully saturated rings. The number of amides is 1. The van der Waals surface area contributed by atoms with Gasteiger partial charge in [0.1, 0.15) is 17.6 Å². The van der Waals surface area contributed by atoms with Crippen LogP contribution >= 0.6 is 0 Å². The van der Waals surface area contributed by atoms with Crippen LogP contribution in [0.25, 0.3) is 11.0 Å². The highest BCUT2D eigenvalue weighted by Crippen LogP contribution is 2.37. The average Bonchev–Trinajstić information content (AvgIpc) is 3.22. The molecule has 0 aromatic carbocycles. The fourth-order valence-corrected chi connectivity index (χ4v) is 3.74. The van der Waals surface area contributed by atoms with Gasteiger partial charge in [-0.15, -0.1) is 0 Å². The molecule has 8 heteroatoms. The number of carbonyl (C=O) groups excluding carboxylic acids is 1. The Morgan fingerprint density at radius 1 is 1.46 bits per heavy atom. The van der Waals surface area contributed by atoms with Crippen molar-refractivity contribution in [3.8, 4) is 0 Å². The van der Waals surface area contributed by atoms with Crippen molar-refractivity contribution in [1.82, 2.24) is 20.6 Å². The number of nitrogens with two attached hydrogens (primary N) is 1. The second-order valence-electron chi connectivity index (χ2n) is 7.30. The van der Waals surface area contributed by atoms with E-state index < -0.39 is 11.6 Å². The first-order valence-corrected chi connectivity index (χ1v) is 8.86. The number of pyridine rings is 1. The lowest BCUT2D eigenvalue weighted by Crippen LogP contribution is -2.44. The Kier molecular flexibility index (Phi) is 3.99. The molecule has 1 amide bonds. The summed E-state index contributed by atoms with van der Waals surface area (Å²) in [5.74, 6) is 0.0528. The molecular formula is C18H24N6O2. The van der Waals surface area contributed by atoms with E-state index >= 15 is 0 Å². The number of rotatable bonds is 4. The molecule has 0 saturated carbocycles. The molecule has 138 valence electrons. The molecule has 2 aliphatic rings. The van der Waals surface area contributed by atoms with Crippen LogP contribution in [0.4, 0.5) is 5.69 Å². The number of hydrogen-bond donors (Lipinski definition) is 5. The minimum absolute atomic E-state index is 0.251. The quantitative estimate of drug-likeness (QED) is 0.560. The van der Waals surface area contributed by atoms with Gasteiger partial charge in [-0.3, -0.25) is 4.79 Å². The lowest BCUT2D eigenvalue weighted by Gasteiger charge is -2.33. The van der Waals surface area contributed by atoms with E-state index in [4.69, 9.17) is 10.5 Å². The van der Waals surface area contributed by atoms with Gasteiger partial charge >= 0.3 is 0 Å². The second kappa shape index (κ2) is 6.21. The summed E-state index contributed by atoms with van der Waals surface area (Å²) in [6.07, 6.45) is 6.09. The van der Waals surface area contributed by atoms with Crippen molar-refractivity contribution in [1.29, 1.82) is 0 Å². The largest absolute Gasteiger partial charge is 0.469 e. The first kappa shape index (κ1) is 16.7. The monoisotopic (exact) mass is 356 g/mol. The highest BCUT2D eigenvalue weighted by atomic mass is 16.5. The third-order valence-corrected chi connectivity index (χ3v) is 5.07. The van der Waals surface area contributed by atoms with Crippen molar-refractivity contribution < 1.29 is 9.53 Å². The van der Waals surface area contributed by atoms with E-state index in [9.17, 15) is 4.79 Å². The molecule has 0 aliphatic carbocycles. The smallest absolute Gasteiger partial charge is 0.268 e. The van der Waals surface area contributed by atoms with Gasteiger partial charge in [-0.2, -0.15) is 0 Å². The van der Waals surface area contributed by atoms with Gasteiger partial charge in [0.05, 0.1) is 11.3 Å². The SMILES string of the molecule is C[C@@H]1CNC[C@H](Nc2c(C3(C)NC(C(N)=O)=CO3)cnc3[nH]ccc23)C1. The number of hydrogen-bond acceptors (Lipinski definition) is 6. The Morgan fingerprint density at radius 3 is 3.04 bits per heavy atom. The zero-order valence-corrected chi connectivity index (χ0v) is 14.9. The maximum Gasteiger partial charge on any atom is 0.268 e. The van der Waals surface area contributed by atoms with E-state index in [0.717, 1.165) is 41.8 Å². The molecule has 26 heavy (non-hydrogen) atoms. The van der Waals surface area contributed by atoms with E-state index in [2.05, 4.69) is 32.8 Å². The second-order valence-corrected chi connectivity index (χ2v) is 7.30. The molecule has 3 atom stereocenters. The fraction of sp³-hybridized carbons (Fsp3) is 0.444. The van der Waals surface area contributed by atoms with Crippen LogP contribution in [0.15, 0.2) is 30.4 Å². The summed E-state index contributed by atoms with van der Waals surface area (Å²) in [4.78, 5) is 19.1. The number of H-pyrrole nitrogens is 1. The Bertz CT molecular complexity index is 876. The number of anilines is 1. The maximum absolute atomic E-state index is 11.5. The van der Waals surface area contributed by atoms with Crippen molar-refractivity contribution in [2.45, 2.75) is 32.0 Å². The maximum atomic E-state index is 11.5. The molecule has 6 N–H and O–H groups in total. The van der Waals surface area contributed by atoms with Gasteiger partial charge < -0.3 is 31.4 Å². The van der Waals surface area contributed by atoms with Crippen LogP contribution in [0, 0.1) is 5.92 Å². The van der Waals surface area contributed by atoms with E-state index in [1.165, 1.54) is 6.26 Å². The number of aromatic nitrogens is 2. The molecule has 2 aromatic rings. The number of piperidine rings is 1. The van der Waals surface area contributed by atoms with Gasteiger partial charge in [-0.25, -0.2) is 4.98 Å². The summed E-state index contributed by atoms with van der Waals surface area (Å²) < 4.78 is 5.80. The van der Waals surface area contributed by atoms with Gasteiger partial charge in [0, 0.05) is 30.4 Å². The van der Waals surface area contributed by atoms with Crippen LogP contribution in [0.2, 0.25) is 0 Å². The molecule has 1 unspecified atom stereocenters. The summed E-state index contributed by atoms with van der Waals surface area (Å²) in [5.41, 5.74) is 7.29. The number of aromatic amines is 1. The van der Waals surface area contributed by atoms with E-state index in [1.54, 1.807) is 6.20 Å². The number of ether oxygens (including phenoxy) is 1. The first-order valence-electron chi connectivity index (χ1n) is 8.86. The van der Waals surface area contributed by atoms with E-state index in [0.29, 0.717) is 12.0 Å². The molecule has 4 rings (SSSR count). The minimum Gasteiger partial charge on any atom is -0.469 e. The third kappa shape index (κ3) is 2.86. The highest BCUT2D eigenvalue weighted by molar-refractivity contribution is 5.93. The predicted molar refractivity (Wildman–Crippen MR) is 99.0 cm³/mol. The van der Waals surface area contributed by atoms with Crippen molar-refractivity contribution in [3.63, 3.8) is 0 Å². The van der Waals surface area contributed by atoms with Gasteiger partial charge in [-0.1, -0.05) is 6.92 Å². The zero-order valence-electron chi connectivity index (χ0n) is 14.9. The Hall–Kier alpha value is -2.74. The molecular weight excluding hydrogens is 332 g/mol. The van der Waals surface area contributed by atoms with Gasteiger partial charge in [0.15, 0.2) is 0 Å². The summed E-state index contributed by atoms with van der Waals surface area (Å²) >= 11 is 0. The van der Waals surface area contributed by atoms with Crippen LogP contribution < -0.4 is 21.7 Å². The Morgan fingerprint density at radius 2 is 2.31 bits per heavy atom. The van der Waals surface area contributed by atoms with E-state index in [1.807, 2.05) is 19.2 Å². The molecule has 1 saturated heterocycles. The molecule has 0 spiro atoms. The van der Waals surface area contributed by atoms with Gasteiger partial charge in [-0.05, 0) is 31.9 Å². The zero-order chi connectivity index (χ0) is 18.3. The molecule has 2 aliphatic heterocycles. The number of primary amides is 1. The van der Waals surface area contributed by atoms with Crippen LogP contribution in [0.3, 0.4) is 0 Å². The number of carbonyl (C=O) groups is 1. The molecule has 0 radical (unpaired) electrons. The van der Waals surface area contributed by atoms with Crippen molar-refractivity contribution in [2.24, 2.45) is 11.7 Å². The number of nitrogens with one attached hydrogen (secondary N) is 4. The van der Waals surface area contributed by atoms with Crippen molar-refractivity contribution in [3.05, 3.63) is 36.0 Å². The Labute approximate surface area is 151 Å². The number of fused-ring (bicyclic) bond motifs is 1. The van der Waals surface area contributed by atoms with Crippen molar-refractivity contribution >= 4 is 22.6 Å². The summed E-state index contributed by atoms with van der Waals surface area (Å²) in [5, 5.41) is 11.2. The molecule has 8 nitrogen and oxygen atoms in total. The molecule has 0 bridgehead atoms. The van der Waals surface area contributed by atoms with Crippen LogP contribution in [0.5, 0.6) is 0 Å². The molecule has 4 heterocycles. The predicted octanol–water partition coefficient (Wildman–Crippen LogP) is 1.09. The summed E-state index contributed by atoms with van der Waals surface area (Å²) in [6.45, 7) is 6.04. The fourth-order valence-electron chi connectivity index (χ4n) is 3.74. The summed E-state index contributed by atoms with van der Waals surface area (Å²) in [6, 6.07) is 2.29. The van der Waals surface area contributed by atoms with E-state index in [-0.39, 0.29) is 5.70 Å². The number of nitrogens with zero attached hydrogens (tertiary/aromatic N) is 1.